The maximum Gasteiger partial charge on any atom is 0.325 e. The topological polar surface area (TPSA) is 97.7 Å². The molecule has 1 N–H and O–H groups in total. The molecule has 1 amide bonds. The molecule has 9 heteroatoms. The standard InChI is InChI=1S/C12H19N3O5S/c1-5-20-11(16)8-15(4)12(17)10-6-9(7-14(10)3)21(18,19)13-2/h6-7,13H,5,8H2,1-4H3. The Morgan fingerprint density at radius 1 is 1.43 bits per heavy atom. The van der Waals surface area contributed by atoms with E-state index >= 15 is 0 Å². The van der Waals surface area contributed by atoms with E-state index in [4.69, 9.17) is 4.74 Å². The highest BCUT2D eigenvalue weighted by Gasteiger charge is 2.22. The van der Waals surface area contributed by atoms with E-state index in [9.17, 15) is 18.0 Å². The summed E-state index contributed by atoms with van der Waals surface area (Å²) in [6.07, 6.45) is 1.33. The van der Waals surface area contributed by atoms with Crippen LogP contribution in [0.1, 0.15) is 17.4 Å². The Morgan fingerprint density at radius 3 is 2.57 bits per heavy atom. The van der Waals surface area contributed by atoms with Crippen LogP contribution >= 0.6 is 0 Å². The van der Waals surface area contributed by atoms with E-state index in [1.807, 2.05) is 0 Å². The first-order chi connectivity index (χ1) is 9.72. The highest BCUT2D eigenvalue weighted by Crippen LogP contribution is 2.14. The molecule has 0 atom stereocenters. The van der Waals surface area contributed by atoms with Crippen LogP contribution in [0.2, 0.25) is 0 Å². The molecule has 118 valence electrons. The van der Waals surface area contributed by atoms with Crippen LogP contribution in [-0.4, -0.2) is 57.0 Å². The van der Waals surface area contributed by atoms with Crippen molar-refractivity contribution in [2.24, 2.45) is 7.05 Å². The molecule has 0 unspecified atom stereocenters. The molecular formula is C12H19N3O5S. The minimum Gasteiger partial charge on any atom is -0.465 e. The molecular weight excluding hydrogens is 298 g/mol. The summed E-state index contributed by atoms with van der Waals surface area (Å²) in [7, 11) is 0.663. The number of aryl methyl sites for hydroxylation is 1. The minimum atomic E-state index is -3.62. The van der Waals surface area contributed by atoms with Crippen molar-refractivity contribution in [3.05, 3.63) is 18.0 Å². The van der Waals surface area contributed by atoms with E-state index in [-0.39, 0.29) is 23.7 Å². The molecule has 0 aliphatic heterocycles. The van der Waals surface area contributed by atoms with Crippen LogP contribution in [0.3, 0.4) is 0 Å². The fraction of sp³-hybridized carbons (Fsp3) is 0.500. The third-order valence-corrected chi connectivity index (χ3v) is 4.18. The van der Waals surface area contributed by atoms with Gasteiger partial charge in [0.1, 0.15) is 17.1 Å². The van der Waals surface area contributed by atoms with Crippen LogP contribution in [0.4, 0.5) is 0 Å². The fourth-order valence-electron chi connectivity index (χ4n) is 1.68. The average Bonchev–Trinajstić information content (AvgIpc) is 2.80. The van der Waals surface area contributed by atoms with Gasteiger partial charge < -0.3 is 14.2 Å². The zero-order chi connectivity index (χ0) is 16.2. The summed E-state index contributed by atoms with van der Waals surface area (Å²) in [6.45, 7) is 1.70. The van der Waals surface area contributed by atoms with Crippen molar-refractivity contribution < 1.29 is 22.7 Å². The van der Waals surface area contributed by atoms with E-state index < -0.39 is 21.9 Å². The summed E-state index contributed by atoms with van der Waals surface area (Å²) < 4.78 is 31.7. The molecule has 0 fully saturated rings. The number of sulfonamides is 1. The van der Waals surface area contributed by atoms with Gasteiger partial charge in [0.05, 0.1) is 6.61 Å². The van der Waals surface area contributed by atoms with Crippen molar-refractivity contribution >= 4 is 21.9 Å². The molecule has 0 aliphatic carbocycles. The number of aromatic nitrogens is 1. The maximum absolute atomic E-state index is 12.2. The number of hydrogen-bond acceptors (Lipinski definition) is 5. The van der Waals surface area contributed by atoms with Crippen molar-refractivity contribution in [3.63, 3.8) is 0 Å². The summed E-state index contributed by atoms with van der Waals surface area (Å²) in [6, 6.07) is 1.26. The number of likely N-dealkylation sites (N-methyl/N-ethyl adjacent to an activating group) is 1. The molecule has 0 bridgehead atoms. The van der Waals surface area contributed by atoms with Gasteiger partial charge in [-0.1, -0.05) is 0 Å². The number of rotatable bonds is 6. The van der Waals surface area contributed by atoms with Gasteiger partial charge in [0.15, 0.2) is 0 Å². The number of nitrogens with one attached hydrogen (secondary N) is 1. The van der Waals surface area contributed by atoms with Crippen LogP contribution < -0.4 is 4.72 Å². The predicted octanol–water partition coefficient (Wildman–Crippen LogP) is -0.432. The smallest absolute Gasteiger partial charge is 0.325 e. The Bertz CT molecular complexity index is 635. The zero-order valence-electron chi connectivity index (χ0n) is 12.4. The van der Waals surface area contributed by atoms with Gasteiger partial charge in [-0.3, -0.25) is 9.59 Å². The number of carbonyl (C=O) groups excluding carboxylic acids is 2. The van der Waals surface area contributed by atoms with Crippen molar-refractivity contribution in [3.8, 4) is 0 Å². The lowest BCUT2D eigenvalue weighted by Crippen LogP contribution is -2.34. The van der Waals surface area contributed by atoms with Crippen LogP contribution in [-0.2, 0) is 26.6 Å². The molecule has 0 spiro atoms. The quantitative estimate of drug-likeness (QED) is 0.718. The Hall–Kier alpha value is -1.87. The summed E-state index contributed by atoms with van der Waals surface area (Å²) in [5, 5.41) is 0. The number of ether oxygens (including phenoxy) is 1. The molecule has 0 saturated heterocycles. The first-order valence-corrected chi connectivity index (χ1v) is 7.72. The van der Waals surface area contributed by atoms with Crippen LogP contribution in [0, 0.1) is 0 Å². The van der Waals surface area contributed by atoms with Gasteiger partial charge in [-0.05, 0) is 20.0 Å². The van der Waals surface area contributed by atoms with E-state index in [1.165, 1.54) is 35.8 Å². The van der Waals surface area contributed by atoms with Crippen molar-refractivity contribution in [2.45, 2.75) is 11.8 Å². The second kappa shape index (κ2) is 6.72. The highest BCUT2D eigenvalue weighted by atomic mass is 32.2. The van der Waals surface area contributed by atoms with Crippen LogP contribution in [0.15, 0.2) is 17.2 Å². The Balaban J connectivity index is 2.96. The number of nitrogens with zero attached hydrogens (tertiary/aromatic N) is 2. The Morgan fingerprint density at radius 2 is 2.05 bits per heavy atom. The number of hydrogen-bond donors (Lipinski definition) is 1. The molecule has 21 heavy (non-hydrogen) atoms. The third kappa shape index (κ3) is 4.05. The van der Waals surface area contributed by atoms with Crippen LogP contribution in [0.5, 0.6) is 0 Å². The van der Waals surface area contributed by atoms with E-state index in [0.717, 1.165) is 0 Å². The maximum atomic E-state index is 12.2. The molecule has 0 aliphatic rings. The average molecular weight is 317 g/mol. The molecule has 0 saturated carbocycles. The van der Waals surface area contributed by atoms with Crippen LogP contribution in [0.25, 0.3) is 0 Å². The fourth-order valence-corrected chi connectivity index (χ4v) is 2.48. The van der Waals surface area contributed by atoms with Gasteiger partial charge in [0.25, 0.3) is 5.91 Å². The number of esters is 1. The monoisotopic (exact) mass is 317 g/mol. The van der Waals surface area contributed by atoms with Gasteiger partial charge in [0.2, 0.25) is 10.0 Å². The van der Waals surface area contributed by atoms with Gasteiger partial charge in [-0.15, -0.1) is 0 Å². The second-order valence-corrected chi connectivity index (χ2v) is 6.23. The van der Waals surface area contributed by atoms with Crippen molar-refractivity contribution in [2.75, 3.05) is 27.2 Å². The molecule has 0 radical (unpaired) electrons. The summed E-state index contributed by atoms with van der Waals surface area (Å²) in [4.78, 5) is 24.7. The minimum absolute atomic E-state index is 0.0135. The highest BCUT2D eigenvalue weighted by molar-refractivity contribution is 7.89. The molecule has 1 rings (SSSR count). The normalized spacial score (nSPS) is 11.2. The Kier molecular flexibility index (Phi) is 5.50. The number of amides is 1. The third-order valence-electron chi connectivity index (χ3n) is 2.80. The summed E-state index contributed by atoms with van der Waals surface area (Å²) in [5.41, 5.74) is 0.163. The van der Waals surface area contributed by atoms with E-state index in [1.54, 1.807) is 14.0 Å². The van der Waals surface area contributed by atoms with Gasteiger partial charge >= 0.3 is 5.97 Å². The molecule has 1 heterocycles. The molecule has 1 aromatic rings. The first kappa shape index (κ1) is 17.2. The molecule has 1 aromatic heterocycles. The summed E-state index contributed by atoms with van der Waals surface area (Å²) >= 11 is 0. The predicted molar refractivity (Wildman–Crippen MR) is 75.3 cm³/mol. The van der Waals surface area contributed by atoms with Gasteiger partial charge in [-0.25, -0.2) is 13.1 Å². The Labute approximate surface area is 123 Å². The van der Waals surface area contributed by atoms with Gasteiger partial charge in [-0.2, -0.15) is 0 Å². The van der Waals surface area contributed by atoms with Gasteiger partial charge in [0, 0.05) is 20.3 Å². The lowest BCUT2D eigenvalue weighted by molar-refractivity contribution is -0.143. The lowest BCUT2D eigenvalue weighted by Gasteiger charge is -2.16. The molecule has 0 aromatic carbocycles. The van der Waals surface area contributed by atoms with Crippen molar-refractivity contribution in [1.29, 1.82) is 0 Å². The SMILES string of the molecule is CCOC(=O)CN(C)C(=O)c1cc(S(=O)(=O)NC)cn1C. The largest absolute Gasteiger partial charge is 0.465 e. The van der Waals surface area contributed by atoms with Crippen molar-refractivity contribution in [1.82, 2.24) is 14.2 Å². The first-order valence-electron chi connectivity index (χ1n) is 6.24. The zero-order valence-corrected chi connectivity index (χ0v) is 13.2. The van der Waals surface area contributed by atoms with E-state index in [0.29, 0.717) is 0 Å². The molecule has 8 nitrogen and oxygen atoms in total. The number of carbonyl (C=O) groups is 2. The lowest BCUT2D eigenvalue weighted by atomic mass is 10.3. The van der Waals surface area contributed by atoms with E-state index in [2.05, 4.69) is 4.72 Å². The second-order valence-electron chi connectivity index (χ2n) is 4.35. The summed E-state index contributed by atoms with van der Waals surface area (Å²) in [5.74, 6) is -0.992.